The number of amides is 2. The fraction of sp³-hybridized carbons (Fsp3) is 0.0741. The number of carbonyl (C=O) groups is 3. The number of benzene rings is 3. The largest absolute Gasteiger partial charge is 0.478 e. The average Bonchev–Trinajstić information content (AvgIpc) is 3.35. The van der Waals surface area contributed by atoms with Crippen LogP contribution in [0.4, 0.5) is 5.69 Å². The maximum absolute atomic E-state index is 12.8. The van der Waals surface area contributed by atoms with E-state index in [1.165, 1.54) is 29.5 Å². The van der Waals surface area contributed by atoms with Crippen LogP contribution in [0.5, 0.6) is 0 Å². The number of halogens is 2. The molecule has 0 aliphatic rings. The molecule has 0 radical (unpaired) electrons. The molecule has 1 unspecified atom stereocenters. The summed E-state index contributed by atoms with van der Waals surface area (Å²) in [5.74, 6) is -2.15. The van der Waals surface area contributed by atoms with Gasteiger partial charge >= 0.3 is 5.97 Å². The van der Waals surface area contributed by atoms with Crippen molar-refractivity contribution >= 4 is 58.0 Å². The van der Waals surface area contributed by atoms with Gasteiger partial charge < -0.3 is 15.7 Å². The van der Waals surface area contributed by atoms with Gasteiger partial charge in [-0.05, 0) is 72.6 Å². The zero-order valence-electron chi connectivity index (χ0n) is 18.9. The Kier molecular flexibility index (Phi) is 7.74. The van der Waals surface area contributed by atoms with Crippen molar-refractivity contribution in [2.75, 3.05) is 5.32 Å². The van der Waals surface area contributed by atoms with Gasteiger partial charge in [-0.3, -0.25) is 9.59 Å². The number of hydrogen-bond acceptors (Lipinski definition) is 4. The fourth-order valence-electron chi connectivity index (χ4n) is 3.50. The molecule has 4 rings (SSSR count). The van der Waals surface area contributed by atoms with Gasteiger partial charge in [0.2, 0.25) is 0 Å². The van der Waals surface area contributed by atoms with Crippen LogP contribution in [0.1, 0.15) is 48.9 Å². The molecule has 0 aliphatic carbocycles. The molecule has 0 fully saturated rings. The Morgan fingerprint density at radius 2 is 1.47 bits per heavy atom. The minimum Gasteiger partial charge on any atom is -0.478 e. The second-order valence-corrected chi connectivity index (χ2v) is 9.89. The van der Waals surface area contributed by atoms with Crippen molar-refractivity contribution in [2.45, 2.75) is 13.0 Å². The van der Waals surface area contributed by atoms with Crippen molar-refractivity contribution in [1.82, 2.24) is 5.32 Å². The lowest BCUT2D eigenvalue weighted by Crippen LogP contribution is -2.27. The van der Waals surface area contributed by atoms with Crippen molar-refractivity contribution < 1.29 is 19.5 Å². The summed E-state index contributed by atoms with van der Waals surface area (Å²) < 4.78 is 0. The lowest BCUT2D eigenvalue weighted by atomic mass is 10.1. The number of thiophene rings is 1. The lowest BCUT2D eigenvalue weighted by molar-refractivity contribution is 0.0698. The van der Waals surface area contributed by atoms with Gasteiger partial charge in [0.25, 0.3) is 11.8 Å². The van der Waals surface area contributed by atoms with Gasteiger partial charge in [0.15, 0.2) is 0 Å². The van der Waals surface area contributed by atoms with E-state index in [9.17, 15) is 19.5 Å². The van der Waals surface area contributed by atoms with E-state index in [0.717, 1.165) is 16.0 Å². The summed E-state index contributed by atoms with van der Waals surface area (Å²) in [5.41, 5.74) is 1.83. The third kappa shape index (κ3) is 5.94. The molecule has 4 aromatic rings. The average molecular weight is 539 g/mol. The topological polar surface area (TPSA) is 95.5 Å². The zero-order chi connectivity index (χ0) is 25.8. The van der Waals surface area contributed by atoms with E-state index in [4.69, 9.17) is 23.2 Å². The van der Waals surface area contributed by atoms with Crippen LogP contribution in [0.3, 0.4) is 0 Å². The van der Waals surface area contributed by atoms with E-state index in [-0.39, 0.29) is 22.9 Å². The van der Waals surface area contributed by atoms with E-state index < -0.39 is 17.8 Å². The smallest absolute Gasteiger partial charge is 0.337 e. The molecular weight excluding hydrogens is 519 g/mol. The summed E-state index contributed by atoms with van der Waals surface area (Å²) in [5, 5.41) is 16.4. The molecule has 3 aromatic carbocycles. The second-order valence-electron chi connectivity index (χ2n) is 7.94. The molecule has 9 heteroatoms. The molecule has 0 saturated carbocycles. The molecule has 3 N–H and O–H groups in total. The first kappa shape index (κ1) is 25.4. The Balaban J connectivity index is 1.49. The summed E-state index contributed by atoms with van der Waals surface area (Å²) in [6.07, 6.45) is 0. The first-order valence-electron chi connectivity index (χ1n) is 10.8. The number of rotatable bonds is 7. The van der Waals surface area contributed by atoms with Gasteiger partial charge in [0.1, 0.15) is 0 Å². The number of nitrogens with one attached hydrogen (secondary N) is 2. The number of anilines is 1. The van der Waals surface area contributed by atoms with Gasteiger partial charge in [-0.15, -0.1) is 11.3 Å². The van der Waals surface area contributed by atoms with Crippen LogP contribution in [-0.4, -0.2) is 22.9 Å². The van der Waals surface area contributed by atoms with Crippen LogP contribution in [0.2, 0.25) is 10.0 Å². The molecule has 0 spiro atoms. The Morgan fingerprint density at radius 1 is 0.833 bits per heavy atom. The van der Waals surface area contributed by atoms with Gasteiger partial charge in [0.05, 0.1) is 22.2 Å². The third-order valence-corrected chi connectivity index (χ3v) is 7.07. The summed E-state index contributed by atoms with van der Waals surface area (Å²) in [4.78, 5) is 38.8. The minimum atomic E-state index is -1.27. The van der Waals surface area contributed by atoms with E-state index in [1.807, 2.05) is 25.1 Å². The first-order valence-corrected chi connectivity index (χ1v) is 12.4. The molecule has 0 saturated heterocycles. The Bertz CT molecular complexity index is 1430. The van der Waals surface area contributed by atoms with Crippen LogP contribution in [-0.2, 0) is 0 Å². The number of carboxylic acid groups (broad SMARTS) is 1. The van der Waals surface area contributed by atoms with Crippen LogP contribution >= 0.6 is 34.5 Å². The van der Waals surface area contributed by atoms with Crippen molar-refractivity contribution in [3.05, 3.63) is 110 Å². The SMILES string of the molecule is CC(NC(=O)c1ccc(NC(=O)c2ccc(-c3ccc(Cl)cc3)s2)c(C(=O)O)c1)c1ccc(Cl)cc1. The molecule has 6 nitrogen and oxygen atoms in total. The molecule has 0 bridgehead atoms. The van der Waals surface area contributed by atoms with Gasteiger partial charge in [-0.1, -0.05) is 47.5 Å². The summed E-state index contributed by atoms with van der Waals surface area (Å²) in [6, 6.07) is 21.6. The molecule has 1 atom stereocenters. The highest BCUT2D eigenvalue weighted by Crippen LogP contribution is 2.30. The molecule has 1 heterocycles. The zero-order valence-corrected chi connectivity index (χ0v) is 21.2. The highest BCUT2D eigenvalue weighted by Gasteiger charge is 2.19. The maximum Gasteiger partial charge on any atom is 0.337 e. The molecule has 0 aliphatic heterocycles. The minimum absolute atomic E-state index is 0.0937. The quantitative estimate of drug-likeness (QED) is 0.232. The monoisotopic (exact) mass is 538 g/mol. The predicted octanol–water partition coefficient (Wildman–Crippen LogP) is 7.16. The van der Waals surface area contributed by atoms with Crippen LogP contribution in [0, 0.1) is 0 Å². The molecular formula is C27H20Cl2N2O4S. The van der Waals surface area contributed by atoms with Crippen molar-refractivity contribution in [2.24, 2.45) is 0 Å². The first-order chi connectivity index (χ1) is 17.2. The number of hydrogen-bond donors (Lipinski definition) is 3. The standard InChI is InChI=1S/C27H20Cl2N2O4S/c1-15(16-2-7-19(28)8-3-16)30-25(32)18-6-11-22(21(14-18)27(34)35)31-26(33)24-13-12-23(36-24)17-4-9-20(29)10-5-17/h2-15H,1H3,(H,30,32)(H,31,33)(H,34,35). The number of carboxylic acids is 1. The van der Waals surface area contributed by atoms with Crippen molar-refractivity contribution in [1.29, 1.82) is 0 Å². The summed E-state index contributed by atoms with van der Waals surface area (Å²) in [7, 11) is 0. The van der Waals surface area contributed by atoms with E-state index in [1.54, 1.807) is 42.5 Å². The van der Waals surface area contributed by atoms with Crippen molar-refractivity contribution in [3.8, 4) is 10.4 Å². The van der Waals surface area contributed by atoms with Crippen LogP contribution < -0.4 is 10.6 Å². The molecule has 36 heavy (non-hydrogen) atoms. The Morgan fingerprint density at radius 3 is 2.11 bits per heavy atom. The van der Waals surface area contributed by atoms with Gasteiger partial charge in [-0.25, -0.2) is 4.79 Å². The third-order valence-electron chi connectivity index (χ3n) is 5.44. The Hall–Kier alpha value is -3.65. The van der Waals surface area contributed by atoms with E-state index >= 15 is 0 Å². The number of aromatic carboxylic acids is 1. The van der Waals surface area contributed by atoms with E-state index in [0.29, 0.717) is 14.9 Å². The predicted molar refractivity (Wildman–Crippen MR) is 143 cm³/mol. The normalized spacial score (nSPS) is 11.5. The second kappa shape index (κ2) is 11.0. The molecule has 1 aromatic heterocycles. The van der Waals surface area contributed by atoms with Crippen LogP contribution in [0.25, 0.3) is 10.4 Å². The molecule has 182 valence electrons. The highest BCUT2D eigenvalue weighted by molar-refractivity contribution is 7.17. The fourth-order valence-corrected chi connectivity index (χ4v) is 4.66. The maximum atomic E-state index is 12.8. The molecule has 2 amide bonds. The Labute approximate surface area is 221 Å². The van der Waals surface area contributed by atoms with E-state index in [2.05, 4.69) is 10.6 Å². The highest BCUT2D eigenvalue weighted by atomic mass is 35.5. The number of carbonyl (C=O) groups excluding carboxylic acids is 2. The van der Waals surface area contributed by atoms with Crippen molar-refractivity contribution in [3.63, 3.8) is 0 Å². The van der Waals surface area contributed by atoms with Crippen LogP contribution in [0.15, 0.2) is 78.9 Å². The summed E-state index contributed by atoms with van der Waals surface area (Å²) >= 11 is 13.1. The van der Waals surface area contributed by atoms with Gasteiger partial charge in [0, 0.05) is 20.5 Å². The van der Waals surface area contributed by atoms with Gasteiger partial charge in [-0.2, -0.15) is 0 Å². The lowest BCUT2D eigenvalue weighted by Gasteiger charge is -2.15. The summed E-state index contributed by atoms with van der Waals surface area (Å²) in [6.45, 7) is 1.81.